The smallest absolute Gasteiger partial charge is 0.288 e. The zero-order chi connectivity index (χ0) is 10.8. The fraction of sp³-hybridized carbons (Fsp3) is 0.857. The fourth-order valence-electron chi connectivity index (χ4n) is 0.558. The van der Waals surface area contributed by atoms with Crippen LogP contribution < -0.4 is 0 Å². The Morgan fingerprint density at radius 2 is 1.71 bits per heavy atom. The van der Waals surface area contributed by atoms with Gasteiger partial charge in [0.15, 0.2) is 0 Å². The highest BCUT2D eigenvalue weighted by Gasteiger charge is 2.15. The Bertz CT molecular complexity index is 176. The van der Waals surface area contributed by atoms with Gasteiger partial charge < -0.3 is 0 Å². The van der Waals surface area contributed by atoms with E-state index in [9.17, 15) is 4.57 Å². The molecular formula is C7H15NO3PS2+. The molecule has 14 heavy (non-hydrogen) atoms. The van der Waals surface area contributed by atoms with E-state index in [1.165, 1.54) is 0 Å². The van der Waals surface area contributed by atoms with E-state index in [-0.39, 0.29) is 0 Å². The van der Waals surface area contributed by atoms with Gasteiger partial charge in [0, 0.05) is 16.1 Å². The molecule has 0 amide bonds. The Labute approximate surface area is 94.0 Å². The molecule has 0 unspecified atom stereocenters. The maximum Gasteiger partial charge on any atom is 0.697 e. The van der Waals surface area contributed by atoms with Crippen LogP contribution in [0.2, 0.25) is 0 Å². The van der Waals surface area contributed by atoms with E-state index in [4.69, 9.17) is 5.41 Å². The van der Waals surface area contributed by atoms with Gasteiger partial charge in [-0.3, -0.25) is 5.41 Å². The van der Waals surface area contributed by atoms with E-state index < -0.39 is 8.25 Å². The molecule has 82 valence electrons. The summed E-state index contributed by atoms with van der Waals surface area (Å²) >= 11 is 3.29. The van der Waals surface area contributed by atoms with Crippen LogP contribution in [0.3, 0.4) is 0 Å². The van der Waals surface area contributed by atoms with Gasteiger partial charge in [0.25, 0.3) is 0 Å². The number of nitrogens with one attached hydrogen (secondary N) is 1. The largest absolute Gasteiger partial charge is 0.697 e. The summed E-state index contributed by atoms with van der Waals surface area (Å²) in [6, 6.07) is 0. The molecule has 0 aromatic carbocycles. The summed E-state index contributed by atoms with van der Waals surface area (Å²) in [5, 5.41) is 6.97. The van der Waals surface area contributed by atoms with Crippen molar-refractivity contribution in [3.63, 3.8) is 0 Å². The van der Waals surface area contributed by atoms with Crippen molar-refractivity contribution < 1.29 is 13.6 Å². The van der Waals surface area contributed by atoms with Crippen molar-refractivity contribution in [2.45, 2.75) is 13.8 Å². The van der Waals surface area contributed by atoms with E-state index in [1.807, 2.05) is 0 Å². The molecule has 4 nitrogen and oxygen atoms in total. The molecular weight excluding hydrogens is 241 g/mol. The van der Waals surface area contributed by atoms with Crippen molar-refractivity contribution in [2.24, 2.45) is 0 Å². The molecule has 0 saturated carbocycles. The van der Waals surface area contributed by atoms with E-state index >= 15 is 0 Å². The second kappa shape index (κ2) is 9.93. The zero-order valence-electron chi connectivity index (χ0n) is 8.32. The Balaban J connectivity index is 0.000000249. The van der Waals surface area contributed by atoms with E-state index in [0.717, 1.165) is 15.9 Å². The minimum atomic E-state index is -1.83. The second-order valence-corrected chi connectivity index (χ2v) is 5.48. The van der Waals surface area contributed by atoms with Crippen molar-refractivity contribution in [2.75, 3.05) is 24.7 Å². The van der Waals surface area contributed by atoms with Crippen LogP contribution in [0.15, 0.2) is 0 Å². The van der Waals surface area contributed by atoms with E-state index in [0.29, 0.717) is 13.2 Å². The Hall–Kier alpha value is 0.390. The summed E-state index contributed by atoms with van der Waals surface area (Å²) in [5.41, 5.74) is 0. The van der Waals surface area contributed by atoms with Gasteiger partial charge >= 0.3 is 8.25 Å². The first-order valence-corrected chi connectivity index (χ1v) is 7.34. The van der Waals surface area contributed by atoms with Gasteiger partial charge in [0.2, 0.25) is 0 Å². The minimum absolute atomic E-state index is 0.440. The van der Waals surface area contributed by atoms with Gasteiger partial charge in [-0.25, -0.2) is 0 Å². The average Bonchev–Trinajstić information content (AvgIpc) is 2.58. The van der Waals surface area contributed by atoms with Crippen molar-refractivity contribution >= 4 is 36.2 Å². The molecule has 1 aliphatic heterocycles. The van der Waals surface area contributed by atoms with Crippen LogP contribution in [0.25, 0.3) is 0 Å². The third-order valence-corrected chi connectivity index (χ3v) is 4.26. The van der Waals surface area contributed by atoms with Crippen LogP contribution in [0.5, 0.6) is 0 Å². The maximum atomic E-state index is 10.3. The Morgan fingerprint density at radius 3 is 1.93 bits per heavy atom. The predicted octanol–water partition coefficient (Wildman–Crippen LogP) is 3.12. The summed E-state index contributed by atoms with van der Waals surface area (Å²) in [7, 11) is -1.83. The van der Waals surface area contributed by atoms with Crippen LogP contribution in [-0.4, -0.2) is 29.1 Å². The van der Waals surface area contributed by atoms with Gasteiger partial charge in [-0.15, -0.1) is 9.05 Å². The Morgan fingerprint density at radius 1 is 1.29 bits per heavy atom. The van der Waals surface area contributed by atoms with E-state index in [2.05, 4.69) is 9.05 Å². The lowest BCUT2D eigenvalue weighted by atomic mass is 10.9. The lowest BCUT2D eigenvalue weighted by Gasteiger charge is -1.78. The number of hydrogen-bond donors (Lipinski definition) is 1. The molecule has 1 fully saturated rings. The van der Waals surface area contributed by atoms with Gasteiger partial charge in [0.05, 0.1) is 0 Å². The quantitative estimate of drug-likeness (QED) is 0.783. The van der Waals surface area contributed by atoms with Gasteiger partial charge in [-0.1, -0.05) is 23.5 Å². The normalized spacial score (nSPS) is 14.9. The summed E-state index contributed by atoms with van der Waals surface area (Å²) in [5.74, 6) is 2.28. The summed E-state index contributed by atoms with van der Waals surface area (Å²) in [4.78, 5) is 0. The van der Waals surface area contributed by atoms with Crippen LogP contribution in [0.4, 0.5) is 0 Å². The van der Waals surface area contributed by atoms with Crippen LogP contribution in [-0.2, 0) is 13.6 Å². The number of rotatable bonds is 4. The van der Waals surface area contributed by atoms with Crippen molar-refractivity contribution in [1.29, 1.82) is 5.41 Å². The van der Waals surface area contributed by atoms with Crippen molar-refractivity contribution in [3.8, 4) is 0 Å². The lowest BCUT2D eigenvalue weighted by molar-refractivity contribution is 0.243. The highest BCUT2D eigenvalue weighted by atomic mass is 32.2. The average molecular weight is 256 g/mol. The molecule has 0 spiro atoms. The first kappa shape index (κ1) is 14.4. The predicted molar refractivity (Wildman–Crippen MR) is 63.5 cm³/mol. The zero-order valence-corrected chi connectivity index (χ0v) is 10.8. The molecule has 1 saturated heterocycles. The lowest BCUT2D eigenvalue weighted by Crippen LogP contribution is -1.81. The van der Waals surface area contributed by atoms with Gasteiger partial charge in [0.1, 0.15) is 17.6 Å². The first-order chi connectivity index (χ1) is 6.70. The summed E-state index contributed by atoms with van der Waals surface area (Å²) in [6.07, 6.45) is 0. The SMILES string of the molecule is CCO[P+](=O)OCC.N=C1SCCS1. The topological polar surface area (TPSA) is 59.4 Å². The van der Waals surface area contributed by atoms with Gasteiger partial charge in [-0.05, 0) is 13.8 Å². The highest BCUT2D eigenvalue weighted by Crippen LogP contribution is 2.23. The summed E-state index contributed by atoms with van der Waals surface area (Å²) < 4.78 is 20.3. The van der Waals surface area contributed by atoms with Crippen LogP contribution in [0, 0.1) is 5.41 Å². The molecule has 0 bridgehead atoms. The number of hydrogen-bond acceptors (Lipinski definition) is 6. The Kier molecular flexibility index (Phi) is 10.2. The second-order valence-electron chi connectivity index (χ2n) is 2.04. The maximum absolute atomic E-state index is 10.3. The number of thioether (sulfide) groups is 2. The molecule has 0 aliphatic carbocycles. The molecule has 0 radical (unpaired) electrons. The third kappa shape index (κ3) is 8.97. The van der Waals surface area contributed by atoms with Crippen molar-refractivity contribution in [3.05, 3.63) is 0 Å². The monoisotopic (exact) mass is 256 g/mol. The molecule has 1 rings (SSSR count). The molecule has 1 N–H and O–H groups in total. The standard InChI is InChI=1S/C4H10O3P.C3H5NS2/c1-3-6-8(5)7-4-2;4-3-5-1-2-6-3/h3-4H2,1-2H3;4H,1-2H2/q+1;. The van der Waals surface area contributed by atoms with Crippen molar-refractivity contribution in [1.82, 2.24) is 0 Å². The molecule has 7 heteroatoms. The molecule has 1 heterocycles. The molecule has 1 aliphatic rings. The molecule has 0 aromatic heterocycles. The summed E-state index contributed by atoms with van der Waals surface area (Å²) in [6.45, 7) is 4.42. The minimum Gasteiger partial charge on any atom is -0.288 e. The molecule has 0 aromatic rings. The van der Waals surface area contributed by atoms with Crippen LogP contribution in [0.1, 0.15) is 13.8 Å². The first-order valence-electron chi connectivity index (χ1n) is 4.27. The molecule has 0 atom stereocenters. The third-order valence-electron chi connectivity index (χ3n) is 1.02. The fourth-order valence-corrected chi connectivity index (χ4v) is 2.93. The van der Waals surface area contributed by atoms with E-state index in [1.54, 1.807) is 37.4 Å². The van der Waals surface area contributed by atoms with Crippen LogP contribution >= 0.6 is 31.8 Å². The highest BCUT2D eigenvalue weighted by molar-refractivity contribution is 8.41. The van der Waals surface area contributed by atoms with Gasteiger partial charge in [-0.2, -0.15) is 0 Å².